The summed E-state index contributed by atoms with van der Waals surface area (Å²) >= 11 is 0. The molecular weight excluding hydrogens is 280 g/mol. The van der Waals surface area contributed by atoms with Crippen LogP contribution in [0, 0.1) is 17.0 Å². The molecule has 1 fully saturated rings. The van der Waals surface area contributed by atoms with Crippen LogP contribution >= 0.6 is 0 Å². The van der Waals surface area contributed by atoms with Gasteiger partial charge in [-0.3, -0.25) is 19.7 Å². The third-order valence-corrected chi connectivity index (χ3v) is 3.26. The molecule has 2 heterocycles. The molecule has 112 valence electrons. The van der Waals surface area contributed by atoms with Gasteiger partial charge in [-0.05, 0) is 13.0 Å². The first kappa shape index (κ1) is 14.7. The number of piperazine rings is 1. The number of nitrogens with one attached hydrogen (secondary N) is 1. The number of pyridine rings is 1. The van der Waals surface area contributed by atoms with Crippen LogP contribution in [0.1, 0.15) is 12.0 Å². The van der Waals surface area contributed by atoms with E-state index < -0.39 is 29.3 Å². The molecule has 1 unspecified atom stereocenters. The van der Waals surface area contributed by atoms with Gasteiger partial charge in [-0.2, -0.15) is 0 Å². The second kappa shape index (κ2) is 5.73. The normalized spacial score (nSPS) is 18.2. The minimum Gasteiger partial charge on any atom is -0.481 e. The lowest BCUT2D eigenvalue weighted by molar-refractivity contribution is -0.384. The van der Waals surface area contributed by atoms with Crippen molar-refractivity contribution in [1.29, 1.82) is 0 Å². The minimum absolute atomic E-state index is 0.0288. The predicted octanol–water partition coefficient (Wildman–Crippen LogP) is 0.0777. The van der Waals surface area contributed by atoms with Crippen molar-refractivity contribution in [2.24, 2.45) is 0 Å². The Hall–Kier alpha value is -2.71. The third-order valence-electron chi connectivity index (χ3n) is 3.26. The molecule has 1 saturated heterocycles. The lowest BCUT2D eigenvalue weighted by Gasteiger charge is -2.34. The second-order valence-corrected chi connectivity index (χ2v) is 4.66. The van der Waals surface area contributed by atoms with E-state index in [4.69, 9.17) is 5.11 Å². The van der Waals surface area contributed by atoms with E-state index in [0.29, 0.717) is 5.56 Å². The maximum atomic E-state index is 11.9. The van der Waals surface area contributed by atoms with Gasteiger partial charge in [-0.15, -0.1) is 0 Å². The van der Waals surface area contributed by atoms with Crippen LogP contribution in [0.5, 0.6) is 0 Å². The molecule has 1 aliphatic heterocycles. The number of aliphatic carboxylic acids is 1. The van der Waals surface area contributed by atoms with Gasteiger partial charge in [0, 0.05) is 24.8 Å². The Balaban J connectivity index is 2.47. The minimum atomic E-state index is -1.16. The number of aryl methyl sites for hydroxylation is 1. The van der Waals surface area contributed by atoms with Crippen LogP contribution in [0.15, 0.2) is 12.3 Å². The highest BCUT2D eigenvalue weighted by Gasteiger charge is 2.36. The molecular formula is C12H14N4O5. The molecule has 1 aromatic heterocycles. The van der Waals surface area contributed by atoms with Crippen molar-refractivity contribution in [1.82, 2.24) is 10.3 Å². The highest BCUT2D eigenvalue weighted by molar-refractivity contribution is 5.90. The number of anilines is 1. The molecule has 1 atom stereocenters. The Labute approximate surface area is 119 Å². The van der Waals surface area contributed by atoms with Crippen LogP contribution in [0.3, 0.4) is 0 Å². The van der Waals surface area contributed by atoms with Crippen molar-refractivity contribution < 1.29 is 19.6 Å². The number of carbonyl (C=O) groups excluding carboxylic acids is 1. The van der Waals surface area contributed by atoms with E-state index in [1.54, 1.807) is 6.92 Å². The molecule has 2 N–H and O–H groups in total. The summed E-state index contributed by atoms with van der Waals surface area (Å²) in [6, 6.07) is 0.488. The molecule has 0 aliphatic carbocycles. The molecule has 2 rings (SSSR count). The molecule has 9 nitrogen and oxygen atoms in total. The first-order valence-electron chi connectivity index (χ1n) is 6.28. The predicted molar refractivity (Wildman–Crippen MR) is 72.0 cm³/mol. The number of nitrogens with zero attached hydrogens (tertiary/aromatic N) is 3. The first-order chi connectivity index (χ1) is 9.91. The average molecular weight is 294 g/mol. The van der Waals surface area contributed by atoms with E-state index in [0.717, 1.165) is 0 Å². The SMILES string of the molecule is Cc1ccnc(N2CCNC(=O)C2CC(=O)O)c1[N+](=O)[O-]. The van der Waals surface area contributed by atoms with Gasteiger partial charge in [0.1, 0.15) is 6.04 Å². The van der Waals surface area contributed by atoms with Gasteiger partial charge in [-0.1, -0.05) is 0 Å². The summed E-state index contributed by atoms with van der Waals surface area (Å²) in [6.07, 6.45) is 0.959. The van der Waals surface area contributed by atoms with Crippen LogP contribution < -0.4 is 10.2 Å². The summed E-state index contributed by atoms with van der Waals surface area (Å²) < 4.78 is 0. The maximum Gasteiger partial charge on any atom is 0.314 e. The van der Waals surface area contributed by atoms with Crippen LogP contribution in [0.25, 0.3) is 0 Å². The molecule has 0 radical (unpaired) electrons. The smallest absolute Gasteiger partial charge is 0.314 e. The van der Waals surface area contributed by atoms with Crippen LogP contribution in [-0.4, -0.2) is 46.0 Å². The number of amides is 1. The largest absolute Gasteiger partial charge is 0.481 e. The number of carboxylic acid groups (broad SMARTS) is 1. The van der Waals surface area contributed by atoms with Gasteiger partial charge in [0.05, 0.1) is 11.3 Å². The Morgan fingerprint density at radius 3 is 3.00 bits per heavy atom. The Morgan fingerprint density at radius 2 is 2.38 bits per heavy atom. The highest BCUT2D eigenvalue weighted by atomic mass is 16.6. The number of carbonyl (C=O) groups is 2. The fourth-order valence-corrected chi connectivity index (χ4v) is 2.31. The number of aromatic nitrogens is 1. The standard InChI is InChI=1S/C12H14N4O5/c1-7-2-3-13-11(10(7)16(20)21)15-5-4-14-12(19)8(15)6-9(17)18/h2-3,8H,4-6H2,1H3,(H,14,19)(H,17,18). The van der Waals surface area contributed by atoms with E-state index in [1.807, 2.05) is 0 Å². The monoisotopic (exact) mass is 294 g/mol. The molecule has 0 bridgehead atoms. The van der Waals surface area contributed by atoms with E-state index in [2.05, 4.69) is 10.3 Å². The first-order valence-corrected chi connectivity index (χ1v) is 6.28. The number of carboxylic acids is 1. The van der Waals surface area contributed by atoms with Crippen molar-refractivity contribution in [2.75, 3.05) is 18.0 Å². The number of hydrogen-bond donors (Lipinski definition) is 2. The fourth-order valence-electron chi connectivity index (χ4n) is 2.31. The zero-order chi connectivity index (χ0) is 15.6. The number of rotatable bonds is 4. The average Bonchev–Trinajstić information content (AvgIpc) is 2.40. The molecule has 21 heavy (non-hydrogen) atoms. The van der Waals surface area contributed by atoms with Crippen LogP contribution in [0.2, 0.25) is 0 Å². The lowest BCUT2D eigenvalue weighted by Crippen LogP contribution is -2.56. The molecule has 1 aromatic rings. The molecule has 1 aliphatic rings. The van der Waals surface area contributed by atoms with Crippen LogP contribution in [-0.2, 0) is 9.59 Å². The summed E-state index contributed by atoms with van der Waals surface area (Å²) in [5.74, 6) is -1.60. The van der Waals surface area contributed by atoms with E-state index >= 15 is 0 Å². The van der Waals surface area contributed by atoms with Gasteiger partial charge in [0.25, 0.3) is 0 Å². The van der Waals surface area contributed by atoms with Crippen molar-refractivity contribution in [3.63, 3.8) is 0 Å². The van der Waals surface area contributed by atoms with Gasteiger partial charge in [-0.25, -0.2) is 4.98 Å². The van der Waals surface area contributed by atoms with Gasteiger partial charge in [0.2, 0.25) is 11.7 Å². The summed E-state index contributed by atoms with van der Waals surface area (Å²) in [5.41, 5.74) is 0.202. The van der Waals surface area contributed by atoms with Gasteiger partial charge < -0.3 is 15.3 Å². The Bertz CT molecular complexity index is 603. The summed E-state index contributed by atoms with van der Waals surface area (Å²) in [4.78, 5) is 38.8. The number of hydrogen-bond acceptors (Lipinski definition) is 6. The van der Waals surface area contributed by atoms with Crippen molar-refractivity contribution in [2.45, 2.75) is 19.4 Å². The van der Waals surface area contributed by atoms with E-state index in [-0.39, 0.29) is 24.6 Å². The fraction of sp³-hybridized carbons (Fsp3) is 0.417. The van der Waals surface area contributed by atoms with E-state index in [1.165, 1.54) is 17.2 Å². The zero-order valence-electron chi connectivity index (χ0n) is 11.3. The topological polar surface area (TPSA) is 126 Å². The molecule has 0 saturated carbocycles. The van der Waals surface area contributed by atoms with Crippen molar-refractivity contribution >= 4 is 23.4 Å². The summed E-state index contributed by atoms with van der Waals surface area (Å²) in [7, 11) is 0. The van der Waals surface area contributed by atoms with Crippen molar-refractivity contribution in [3.8, 4) is 0 Å². The van der Waals surface area contributed by atoms with Crippen LogP contribution in [0.4, 0.5) is 11.5 Å². The van der Waals surface area contributed by atoms with Gasteiger partial charge >= 0.3 is 11.7 Å². The Kier molecular flexibility index (Phi) is 4.01. The molecule has 0 spiro atoms. The molecule has 1 amide bonds. The molecule has 0 aromatic carbocycles. The van der Waals surface area contributed by atoms with Gasteiger partial charge in [0.15, 0.2) is 0 Å². The second-order valence-electron chi connectivity index (χ2n) is 4.66. The lowest BCUT2D eigenvalue weighted by atomic mass is 10.1. The highest BCUT2D eigenvalue weighted by Crippen LogP contribution is 2.31. The molecule has 9 heteroatoms. The quantitative estimate of drug-likeness (QED) is 0.594. The summed E-state index contributed by atoms with van der Waals surface area (Å²) in [5, 5.41) is 22.7. The Morgan fingerprint density at radius 1 is 1.67 bits per heavy atom. The van der Waals surface area contributed by atoms with E-state index in [9.17, 15) is 19.7 Å². The maximum absolute atomic E-state index is 11.9. The summed E-state index contributed by atoms with van der Waals surface area (Å²) in [6.45, 7) is 2.11. The number of nitro groups is 1. The zero-order valence-corrected chi connectivity index (χ0v) is 11.3. The third kappa shape index (κ3) is 2.91. The van der Waals surface area contributed by atoms with Crippen molar-refractivity contribution in [3.05, 3.63) is 27.9 Å².